The van der Waals surface area contributed by atoms with E-state index < -0.39 is 0 Å². The quantitative estimate of drug-likeness (QED) is 0.673. The van der Waals surface area contributed by atoms with E-state index in [2.05, 4.69) is 55.7 Å². The van der Waals surface area contributed by atoms with Gasteiger partial charge in [-0.15, -0.1) is 11.3 Å². The summed E-state index contributed by atoms with van der Waals surface area (Å²) in [5.41, 5.74) is 1.78. The minimum absolute atomic E-state index is 0.00774. The van der Waals surface area contributed by atoms with Gasteiger partial charge in [-0.1, -0.05) is 6.07 Å². The van der Waals surface area contributed by atoms with E-state index >= 15 is 0 Å². The number of hydrogen-bond acceptors (Lipinski definition) is 7. The predicted molar refractivity (Wildman–Crippen MR) is 120 cm³/mol. The molecule has 152 valence electrons. The van der Waals surface area contributed by atoms with Gasteiger partial charge in [0.05, 0.1) is 11.9 Å². The third kappa shape index (κ3) is 4.18. The third-order valence-corrected chi connectivity index (χ3v) is 6.10. The molecule has 3 aromatic rings. The molecule has 1 fully saturated rings. The molecule has 8 heteroatoms. The number of nitrogens with zero attached hydrogens (tertiary/aromatic N) is 4. The summed E-state index contributed by atoms with van der Waals surface area (Å²) in [6.07, 6.45) is 1.65. The smallest absolute Gasteiger partial charge is 0.238 e. The first-order valence-electron chi connectivity index (χ1n) is 9.81. The van der Waals surface area contributed by atoms with Crippen molar-refractivity contribution in [2.45, 2.75) is 25.9 Å². The van der Waals surface area contributed by atoms with Crippen molar-refractivity contribution in [3.05, 3.63) is 42.0 Å². The fourth-order valence-electron chi connectivity index (χ4n) is 4.12. The number of carbonyl (C=O) groups excluding carboxylic acids is 1. The molecule has 3 heterocycles. The van der Waals surface area contributed by atoms with Gasteiger partial charge in [0.1, 0.15) is 17.0 Å². The minimum Gasteiger partial charge on any atom is -0.388 e. The minimum atomic E-state index is 0.00774. The summed E-state index contributed by atoms with van der Waals surface area (Å²) in [5, 5.41) is 9.25. The van der Waals surface area contributed by atoms with Crippen molar-refractivity contribution in [2.75, 3.05) is 42.2 Å². The first-order chi connectivity index (χ1) is 14.0. The summed E-state index contributed by atoms with van der Waals surface area (Å²) in [7, 11) is 1.87. The Morgan fingerprint density at radius 3 is 2.69 bits per heavy atom. The van der Waals surface area contributed by atoms with Gasteiger partial charge in [0.15, 0.2) is 0 Å². The van der Waals surface area contributed by atoms with Crippen molar-refractivity contribution < 1.29 is 4.79 Å². The number of aromatic nitrogens is 2. The Hall–Kier alpha value is -2.71. The summed E-state index contributed by atoms with van der Waals surface area (Å²) in [5.74, 6) is 0.998. The van der Waals surface area contributed by atoms with Crippen molar-refractivity contribution in [3.8, 4) is 0 Å². The Bertz CT molecular complexity index is 994. The maximum absolute atomic E-state index is 12.6. The molecule has 29 heavy (non-hydrogen) atoms. The van der Waals surface area contributed by atoms with E-state index in [1.807, 2.05) is 31.3 Å². The average molecular weight is 411 g/mol. The zero-order valence-electron chi connectivity index (χ0n) is 16.9. The highest BCUT2D eigenvalue weighted by Crippen LogP contribution is 2.31. The van der Waals surface area contributed by atoms with Gasteiger partial charge in [0.2, 0.25) is 5.91 Å². The lowest BCUT2D eigenvalue weighted by molar-refractivity contribution is -0.117. The van der Waals surface area contributed by atoms with Crippen LogP contribution in [0.3, 0.4) is 0 Å². The van der Waals surface area contributed by atoms with Crippen molar-refractivity contribution >= 4 is 44.7 Å². The van der Waals surface area contributed by atoms with Gasteiger partial charge in [-0.2, -0.15) is 0 Å². The van der Waals surface area contributed by atoms with Crippen molar-refractivity contribution in [2.24, 2.45) is 0 Å². The molecule has 0 saturated carbocycles. The van der Waals surface area contributed by atoms with E-state index in [9.17, 15) is 4.79 Å². The summed E-state index contributed by atoms with van der Waals surface area (Å²) in [6.45, 7) is 6.38. The highest BCUT2D eigenvalue weighted by atomic mass is 32.1. The highest BCUT2D eigenvalue weighted by Gasteiger charge is 2.32. The van der Waals surface area contributed by atoms with Crippen LogP contribution in [-0.2, 0) is 4.79 Å². The summed E-state index contributed by atoms with van der Waals surface area (Å²) < 4.78 is 0. The van der Waals surface area contributed by atoms with Gasteiger partial charge in [-0.25, -0.2) is 9.97 Å². The molecule has 4 rings (SSSR count). The van der Waals surface area contributed by atoms with E-state index in [0.29, 0.717) is 6.54 Å². The molecule has 7 nitrogen and oxygen atoms in total. The number of rotatable bonds is 5. The molecule has 2 unspecified atom stereocenters. The lowest BCUT2D eigenvalue weighted by Crippen LogP contribution is -2.58. The molecule has 1 aliphatic rings. The third-order valence-electron chi connectivity index (χ3n) is 5.28. The number of carbonyl (C=O) groups is 1. The van der Waals surface area contributed by atoms with Gasteiger partial charge in [0.25, 0.3) is 0 Å². The fraction of sp³-hybridized carbons (Fsp3) is 0.381. The van der Waals surface area contributed by atoms with Crippen LogP contribution in [0.5, 0.6) is 0 Å². The molecule has 1 aromatic carbocycles. The van der Waals surface area contributed by atoms with Crippen molar-refractivity contribution in [3.63, 3.8) is 0 Å². The zero-order valence-corrected chi connectivity index (χ0v) is 17.7. The van der Waals surface area contributed by atoms with Gasteiger partial charge >= 0.3 is 0 Å². The predicted octanol–water partition coefficient (Wildman–Crippen LogP) is 3.27. The molecule has 2 N–H and O–H groups in total. The molecule has 0 radical (unpaired) electrons. The van der Waals surface area contributed by atoms with Crippen LogP contribution in [0.15, 0.2) is 42.0 Å². The van der Waals surface area contributed by atoms with E-state index in [1.54, 1.807) is 17.7 Å². The van der Waals surface area contributed by atoms with E-state index in [4.69, 9.17) is 0 Å². The van der Waals surface area contributed by atoms with Crippen LogP contribution >= 0.6 is 11.3 Å². The second kappa shape index (κ2) is 8.34. The number of amides is 1. The normalized spacial score (nSPS) is 20.0. The highest BCUT2D eigenvalue weighted by molar-refractivity contribution is 7.16. The number of benzene rings is 1. The number of fused-ring (bicyclic) bond motifs is 1. The number of anilines is 3. The second-order valence-electron chi connectivity index (χ2n) is 7.52. The monoisotopic (exact) mass is 410 g/mol. The van der Waals surface area contributed by atoms with Gasteiger partial charge in [-0.3, -0.25) is 9.69 Å². The SMILES string of the molecule is CNc1cccc(NC(=O)CN2CC(C)N(c3ncnc4sccc34)C(C)C2)c1. The van der Waals surface area contributed by atoms with Gasteiger partial charge in [-0.05, 0) is 43.5 Å². The Morgan fingerprint density at radius 1 is 1.17 bits per heavy atom. The molecule has 1 aliphatic heterocycles. The second-order valence-corrected chi connectivity index (χ2v) is 8.41. The van der Waals surface area contributed by atoms with Crippen molar-refractivity contribution in [1.82, 2.24) is 14.9 Å². The number of thiophene rings is 1. The summed E-state index contributed by atoms with van der Waals surface area (Å²) >= 11 is 1.63. The molecule has 1 amide bonds. The molecule has 0 spiro atoms. The fourth-order valence-corrected chi connectivity index (χ4v) is 4.84. The number of hydrogen-bond donors (Lipinski definition) is 2. The molecule has 1 saturated heterocycles. The maximum Gasteiger partial charge on any atom is 0.238 e. The molecular formula is C21H26N6OS. The zero-order chi connectivity index (χ0) is 20.4. The molecule has 2 aromatic heterocycles. The number of piperazine rings is 1. The Kier molecular flexibility index (Phi) is 5.64. The largest absolute Gasteiger partial charge is 0.388 e. The maximum atomic E-state index is 12.6. The van der Waals surface area contributed by atoms with Crippen LogP contribution in [0.4, 0.5) is 17.2 Å². The van der Waals surface area contributed by atoms with Gasteiger partial charge in [0, 0.05) is 43.6 Å². The summed E-state index contributed by atoms with van der Waals surface area (Å²) in [6, 6.07) is 10.3. The topological polar surface area (TPSA) is 73.4 Å². The first-order valence-corrected chi connectivity index (χ1v) is 10.7. The lowest BCUT2D eigenvalue weighted by Gasteiger charge is -2.45. The molecule has 0 aliphatic carbocycles. The van der Waals surface area contributed by atoms with E-state index in [-0.39, 0.29) is 18.0 Å². The van der Waals surface area contributed by atoms with E-state index in [0.717, 1.165) is 40.5 Å². The van der Waals surface area contributed by atoms with Crippen LogP contribution in [0.1, 0.15) is 13.8 Å². The first kappa shape index (κ1) is 19.6. The number of nitrogens with one attached hydrogen (secondary N) is 2. The Balaban J connectivity index is 1.42. The van der Waals surface area contributed by atoms with Crippen molar-refractivity contribution in [1.29, 1.82) is 0 Å². The van der Waals surface area contributed by atoms with Crippen LogP contribution in [-0.4, -0.2) is 59.5 Å². The molecular weight excluding hydrogens is 384 g/mol. The van der Waals surface area contributed by atoms with E-state index in [1.165, 1.54) is 0 Å². The summed E-state index contributed by atoms with van der Waals surface area (Å²) in [4.78, 5) is 27.1. The average Bonchev–Trinajstić information content (AvgIpc) is 3.17. The molecule has 0 bridgehead atoms. The Morgan fingerprint density at radius 2 is 1.93 bits per heavy atom. The van der Waals surface area contributed by atoms with Crippen LogP contribution < -0.4 is 15.5 Å². The standard InChI is InChI=1S/C21H26N6OS/c1-14-10-26(12-19(28)25-17-6-4-5-16(9-17)22-3)11-15(2)27(14)20-18-7-8-29-21(18)24-13-23-20/h4-9,13-15,22H,10-12H2,1-3H3,(H,25,28). The Labute approximate surface area is 174 Å². The molecule has 2 atom stereocenters. The van der Waals surface area contributed by atoms with Crippen LogP contribution in [0, 0.1) is 0 Å². The van der Waals surface area contributed by atoms with Gasteiger partial charge < -0.3 is 15.5 Å². The lowest BCUT2D eigenvalue weighted by atomic mass is 10.1. The van der Waals surface area contributed by atoms with Crippen LogP contribution in [0.25, 0.3) is 10.2 Å². The van der Waals surface area contributed by atoms with Crippen LogP contribution in [0.2, 0.25) is 0 Å².